The Kier molecular flexibility index (Phi) is 9.73. The molecule has 6 heteroatoms. The van der Waals surface area contributed by atoms with Crippen LogP contribution in [-0.4, -0.2) is 99.8 Å². The van der Waals surface area contributed by atoms with Crippen molar-refractivity contribution in [1.82, 2.24) is 19.6 Å². The van der Waals surface area contributed by atoms with Gasteiger partial charge in [-0.15, -0.1) is 0 Å². The van der Waals surface area contributed by atoms with Crippen LogP contribution in [0.1, 0.15) is 0 Å². The average molecular weight is 295 g/mol. The normalized spacial score (nSPS) is 13.0. The van der Waals surface area contributed by atoms with E-state index in [4.69, 9.17) is 0 Å². The quantitative estimate of drug-likeness (QED) is 0.358. The fourth-order valence-electron chi connectivity index (χ4n) is 1.74. The van der Waals surface area contributed by atoms with Crippen molar-refractivity contribution >= 4 is 21.6 Å². The van der Waals surface area contributed by atoms with Gasteiger partial charge in [0.15, 0.2) is 0 Å². The summed E-state index contributed by atoms with van der Waals surface area (Å²) in [5.41, 5.74) is 0. The molecule has 18 heavy (non-hydrogen) atoms. The molecule has 0 N–H and O–H groups in total. The minimum Gasteiger partial charge on any atom is -0.293 e. The highest BCUT2D eigenvalue weighted by Gasteiger charge is 2.16. The molecule has 110 valence electrons. The zero-order valence-corrected chi connectivity index (χ0v) is 14.8. The topological polar surface area (TPSA) is 13.0 Å². The van der Waals surface area contributed by atoms with E-state index in [2.05, 4.69) is 76.0 Å². The fraction of sp³-hybridized carbons (Fsp3) is 1.00. The van der Waals surface area contributed by atoms with Gasteiger partial charge in [0, 0.05) is 11.5 Å². The third kappa shape index (κ3) is 7.21. The molecule has 4 nitrogen and oxygen atoms in total. The van der Waals surface area contributed by atoms with Crippen LogP contribution in [0.15, 0.2) is 0 Å². The first-order valence-electron chi connectivity index (χ1n) is 6.17. The smallest absolute Gasteiger partial charge is 0.0714 e. The molecule has 0 saturated heterocycles. The van der Waals surface area contributed by atoms with Crippen LogP contribution in [0.5, 0.6) is 0 Å². The van der Waals surface area contributed by atoms with Gasteiger partial charge >= 0.3 is 0 Å². The Hall–Kier alpha value is 0.540. The lowest BCUT2D eigenvalue weighted by Crippen LogP contribution is -2.43. The maximum atomic E-state index is 2.27. The van der Waals surface area contributed by atoms with Crippen LogP contribution >= 0.6 is 21.6 Å². The van der Waals surface area contributed by atoms with Crippen LogP contribution in [0.25, 0.3) is 0 Å². The molecule has 0 aromatic heterocycles. The van der Waals surface area contributed by atoms with Crippen molar-refractivity contribution in [2.45, 2.75) is 12.3 Å². The molecule has 0 unspecified atom stereocenters. The van der Waals surface area contributed by atoms with Gasteiger partial charge in [-0.3, -0.25) is 19.6 Å². The van der Waals surface area contributed by atoms with E-state index in [9.17, 15) is 0 Å². The molecule has 0 fully saturated rings. The van der Waals surface area contributed by atoms with Crippen molar-refractivity contribution in [3.8, 4) is 0 Å². The zero-order chi connectivity index (χ0) is 14.3. The maximum absolute atomic E-state index is 2.27. The molecular weight excluding hydrogens is 264 g/mol. The van der Waals surface area contributed by atoms with E-state index >= 15 is 0 Å². The molecular formula is C12H30N4S2. The summed E-state index contributed by atoms with van der Waals surface area (Å²) in [6.45, 7) is 0. The Balaban J connectivity index is 3.96. The summed E-state index contributed by atoms with van der Waals surface area (Å²) in [6, 6.07) is 0. The summed E-state index contributed by atoms with van der Waals surface area (Å²) in [4.78, 5) is 9.07. The summed E-state index contributed by atoms with van der Waals surface area (Å²) in [5.74, 6) is 2.25. The number of rotatable bonds is 9. The molecule has 0 aliphatic carbocycles. The Morgan fingerprint density at radius 3 is 0.944 bits per heavy atom. The highest BCUT2D eigenvalue weighted by atomic mass is 33.1. The Morgan fingerprint density at radius 1 is 0.556 bits per heavy atom. The van der Waals surface area contributed by atoms with Gasteiger partial charge in [0.25, 0.3) is 0 Å². The first-order chi connectivity index (χ1) is 8.27. The van der Waals surface area contributed by atoms with Crippen LogP contribution in [0.2, 0.25) is 0 Å². The molecule has 0 heterocycles. The predicted molar refractivity (Wildman–Crippen MR) is 87.2 cm³/mol. The molecule has 0 radical (unpaired) electrons. The second kappa shape index (κ2) is 9.44. The molecule has 0 atom stereocenters. The van der Waals surface area contributed by atoms with Gasteiger partial charge in [0.05, 0.1) is 12.3 Å². The summed E-state index contributed by atoms with van der Waals surface area (Å²) >= 11 is 0. The van der Waals surface area contributed by atoms with Crippen molar-refractivity contribution in [3.63, 3.8) is 0 Å². The van der Waals surface area contributed by atoms with Crippen molar-refractivity contribution in [2.75, 3.05) is 67.9 Å². The van der Waals surface area contributed by atoms with Crippen LogP contribution in [0.3, 0.4) is 0 Å². The molecule has 0 saturated carbocycles. The predicted octanol–water partition coefficient (Wildman–Crippen LogP) is 1.27. The monoisotopic (exact) mass is 294 g/mol. The van der Waals surface area contributed by atoms with Gasteiger partial charge in [0.1, 0.15) is 0 Å². The minimum absolute atomic E-state index is 0.500. The highest BCUT2D eigenvalue weighted by molar-refractivity contribution is 8.76. The van der Waals surface area contributed by atoms with Crippen LogP contribution in [-0.2, 0) is 0 Å². The number of nitrogens with zero attached hydrogens (tertiary/aromatic N) is 4. The first kappa shape index (κ1) is 18.5. The van der Waals surface area contributed by atoms with Gasteiger partial charge in [-0.1, -0.05) is 21.6 Å². The summed E-state index contributed by atoms with van der Waals surface area (Å²) in [5, 5.41) is 0. The van der Waals surface area contributed by atoms with Crippen molar-refractivity contribution in [1.29, 1.82) is 0 Å². The number of hydrogen-bond donors (Lipinski definition) is 0. The second-order valence-electron chi connectivity index (χ2n) is 5.38. The van der Waals surface area contributed by atoms with Gasteiger partial charge in [-0.05, 0) is 56.4 Å². The molecule has 0 amide bonds. The molecule has 0 aromatic carbocycles. The lowest BCUT2D eigenvalue weighted by Gasteiger charge is -2.31. The summed E-state index contributed by atoms with van der Waals surface area (Å²) in [6.07, 6.45) is 0.999. The summed E-state index contributed by atoms with van der Waals surface area (Å²) < 4.78 is 0. The average Bonchev–Trinajstić information content (AvgIpc) is 2.20. The molecule has 0 bridgehead atoms. The van der Waals surface area contributed by atoms with Crippen LogP contribution < -0.4 is 0 Å². The molecule has 0 rings (SSSR count). The van der Waals surface area contributed by atoms with Crippen LogP contribution in [0.4, 0.5) is 0 Å². The van der Waals surface area contributed by atoms with Gasteiger partial charge in [-0.2, -0.15) is 0 Å². The molecule has 0 aliphatic heterocycles. The Labute approximate surface area is 121 Å². The van der Waals surface area contributed by atoms with E-state index in [0.29, 0.717) is 12.3 Å². The van der Waals surface area contributed by atoms with E-state index in [1.807, 2.05) is 21.6 Å². The van der Waals surface area contributed by atoms with E-state index in [1.165, 1.54) is 0 Å². The second-order valence-corrected chi connectivity index (χ2v) is 7.94. The SMILES string of the molecule is CN(C)C(CSSCC(N(C)C)N(C)C)N(C)C. The largest absolute Gasteiger partial charge is 0.293 e. The Bertz CT molecular complexity index is 172. The van der Waals surface area contributed by atoms with E-state index in [0.717, 1.165) is 11.5 Å². The maximum Gasteiger partial charge on any atom is 0.0714 e. The van der Waals surface area contributed by atoms with Gasteiger partial charge in [0.2, 0.25) is 0 Å². The minimum atomic E-state index is 0.500. The van der Waals surface area contributed by atoms with E-state index in [1.54, 1.807) is 0 Å². The van der Waals surface area contributed by atoms with Gasteiger partial charge < -0.3 is 0 Å². The zero-order valence-electron chi connectivity index (χ0n) is 13.2. The van der Waals surface area contributed by atoms with Crippen LogP contribution in [0, 0.1) is 0 Å². The third-order valence-corrected chi connectivity index (χ3v) is 5.25. The van der Waals surface area contributed by atoms with E-state index < -0.39 is 0 Å². The third-order valence-electron chi connectivity index (χ3n) is 2.90. The van der Waals surface area contributed by atoms with Crippen molar-refractivity contribution < 1.29 is 0 Å². The lowest BCUT2D eigenvalue weighted by atomic mass is 10.5. The van der Waals surface area contributed by atoms with Crippen molar-refractivity contribution in [3.05, 3.63) is 0 Å². The number of hydrogen-bond acceptors (Lipinski definition) is 6. The standard InChI is InChI=1S/C12H30N4S2/c1-13(2)11(14(3)4)9-17-18-10-12(15(5)6)16(7)8/h11-12H,9-10H2,1-8H3. The summed E-state index contributed by atoms with van der Waals surface area (Å²) in [7, 11) is 21.0. The fourth-order valence-corrected chi connectivity index (χ4v) is 4.67. The van der Waals surface area contributed by atoms with Gasteiger partial charge in [-0.25, -0.2) is 0 Å². The van der Waals surface area contributed by atoms with Crippen molar-refractivity contribution in [2.24, 2.45) is 0 Å². The highest BCUT2D eigenvalue weighted by Crippen LogP contribution is 2.25. The Morgan fingerprint density at radius 2 is 0.778 bits per heavy atom. The molecule has 0 aliphatic rings. The molecule has 0 spiro atoms. The lowest BCUT2D eigenvalue weighted by molar-refractivity contribution is 0.151. The molecule has 0 aromatic rings. The first-order valence-corrected chi connectivity index (χ1v) is 8.66. The van der Waals surface area contributed by atoms with E-state index in [-0.39, 0.29) is 0 Å².